The van der Waals surface area contributed by atoms with E-state index in [4.69, 9.17) is 16.3 Å². The van der Waals surface area contributed by atoms with E-state index in [2.05, 4.69) is 12.2 Å². The average molecular weight is 271 g/mol. The van der Waals surface area contributed by atoms with Crippen molar-refractivity contribution in [3.8, 4) is 5.75 Å². The number of halogens is 1. The molecule has 2 nitrogen and oxygen atoms in total. The summed E-state index contributed by atoms with van der Waals surface area (Å²) in [5.41, 5.74) is 0. The fourth-order valence-corrected chi connectivity index (χ4v) is 1.99. The van der Waals surface area contributed by atoms with Crippen molar-refractivity contribution in [1.29, 1.82) is 0 Å². The zero-order chi connectivity index (χ0) is 13.1. The maximum absolute atomic E-state index is 6.01. The fourth-order valence-electron chi connectivity index (χ4n) is 1.80. The number of hydrogen-bond donors (Lipinski definition) is 1. The SMILES string of the molecule is CCCC[NH2+]CCCCCOc1ccccc1Cl. The summed E-state index contributed by atoms with van der Waals surface area (Å²) in [5, 5.41) is 3.11. The number of benzene rings is 1. The monoisotopic (exact) mass is 270 g/mol. The molecule has 18 heavy (non-hydrogen) atoms. The summed E-state index contributed by atoms with van der Waals surface area (Å²) in [7, 11) is 0. The zero-order valence-electron chi connectivity index (χ0n) is 11.3. The molecule has 0 aliphatic carbocycles. The Balaban J connectivity index is 1.94. The normalized spacial score (nSPS) is 10.6. The Hall–Kier alpha value is -0.730. The molecule has 2 N–H and O–H groups in total. The van der Waals surface area contributed by atoms with Gasteiger partial charge in [0.2, 0.25) is 0 Å². The van der Waals surface area contributed by atoms with E-state index in [1.165, 1.54) is 38.8 Å². The molecule has 0 radical (unpaired) electrons. The Morgan fingerprint density at radius 3 is 2.61 bits per heavy atom. The second-order valence-corrected chi connectivity index (χ2v) is 4.97. The van der Waals surface area contributed by atoms with Crippen LogP contribution in [-0.2, 0) is 0 Å². The van der Waals surface area contributed by atoms with E-state index in [1.54, 1.807) is 0 Å². The van der Waals surface area contributed by atoms with Crippen LogP contribution < -0.4 is 10.1 Å². The van der Waals surface area contributed by atoms with Gasteiger partial charge in [0.1, 0.15) is 5.75 Å². The summed E-state index contributed by atoms with van der Waals surface area (Å²) in [6, 6.07) is 7.64. The molecule has 0 heterocycles. The van der Waals surface area contributed by atoms with Crippen LogP contribution in [0.4, 0.5) is 0 Å². The number of quaternary nitrogens is 1. The van der Waals surface area contributed by atoms with Gasteiger partial charge in [-0.1, -0.05) is 37.1 Å². The van der Waals surface area contributed by atoms with Crippen molar-refractivity contribution in [3.05, 3.63) is 29.3 Å². The van der Waals surface area contributed by atoms with Crippen LogP contribution >= 0.6 is 11.6 Å². The molecule has 0 aliphatic rings. The van der Waals surface area contributed by atoms with Gasteiger partial charge in [-0.3, -0.25) is 0 Å². The van der Waals surface area contributed by atoms with Crippen molar-refractivity contribution in [2.24, 2.45) is 0 Å². The highest BCUT2D eigenvalue weighted by Gasteiger charge is 1.99. The molecule has 0 spiro atoms. The van der Waals surface area contributed by atoms with E-state index in [1.807, 2.05) is 24.3 Å². The van der Waals surface area contributed by atoms with Crippen LogP contribution in [0.2, 0.25) is 5.02 Å². The summed E-state index contributed by atoms with van der Waals surface area (Å²) in [6.45, 7) is 5.51. The number of para-hydroxylation sites is 1. The summed E-state index contributed by atoms with van der Waals surface area (Å²) in [6.07, 6.45) is 6.23. The van der Waals surface area contributed by atoms with Crippen molar-refractivity contribution in [3.63, 3.8) is 0 Å². The Labute approximate surface area is 116 Å². The third-order valence-corrected chi connectivity index (χ3v) is 3.22. The van der Waals surface area contributed by atoms with Crippen molar-refractivity contribution in [2.45, 2.75) is 39.0 Å². The smallest absolute Gasteiger partial charge is 0.137 e. The van der Waals surface area contributed by atoms with E-state index < -0.39 is 0 Å². The van der Waals surface area contributed by atoms with Crippen LogP contribution in [0.15, 0.2) is 24.3 Å². The maximum atomic E-state index is 6.01. The molecule has 102 valence electrons. The van der Waals surface area contributed by atoms with Gasteiger partial charge in [0, 0.05) is 0 Å². The van der Waals surface area contributed by atoms with E-state index >= 15 is 0 Å². The molecule has 3 heteroatoms. The Kier molecular flexibility index (Phi) is 8.70. The minimum Gasteiger partial charge on any atom is -0.492 e. The standard InChI is InChI=1S/C15H24ClNO/c1-2-3-11-17-12-7-4-8-13-18-15-10-6-5-9-14(15)16/h5-6,9-10,17H,2-4,7-8,11-13H2,1H3/p+1. The Morgan fingerprint density at radius 2 is 1.83 bits per heavy atom. The van der Waals surface area contributed by atoms with Gasteiger partial charge in [0.25, 0.3) is 0 Å². The van der Waals surface area contributed by atoms with E-state index in [0.717, 1.165) is 18.8 Å². The van der Waals surface area contributed by atoms with Crippen LogP contribution in [0.1, 0.15) is 39.0 Å². The average Bonchev–Trinajstić information content (AvgIpc) is 2.39. The molecule has 0 aliphatic heterocycles. The molecule has 0 bridgehead atoms. The molecule has 0 amide bonds. The van der Waals surface area contributed by atoms with Crippen molar-refractivity contribution >= 4 is 11.6 Å². The Morgan fingerprint density at radius 1 is 1.06 bits per heavy atom. The summed E-state index contributed by atoms with van der Waals surface area (Å²) in [5.74, 6) is 0.800. The molecular formula is C15H25ClNO+. The molecule has 0 saturated heterocycles. The molecule has 0 aromatic heterocycles. The third-order valence-electron chi connectivity index (χ3n) is 2.91. The first kappa shape index (κ1) is 15.3. The van der Waals surface area contributed by atoms with Gasteiger partial charge in [0.05, 0.1) is 24.7 Å². The van der Waals surface area contributed by atoms with Gasteiger partial charge < -0.3 is 10.1 Å². The van der Waals surface area contributed by atoms with Gasteiger partial charge in [-0.05, 0) is 37.8 Å². The van der Waals surface area contributed by atoms with Gasteiger partial charge in [-0.15, -0.1) is 0 Å². The highest BCUT2D eigenvalue weighted by Crippen LogP contribution is 2.23. The predicted octanol–water partition coefficient (Wildman–Crippen LogP) is 3.25. The maximum Gasteiger partial charge on any atom is 0.137 e. The quantitative estimate of drug-likeness (QED) is 0.649. The van der Waals surface area contributed by atoms with Crippen LogP contribution in [-0.4, -0.2) is 19.7 Å². The molecule has 0 unspecified atom stereocenters. The molecule has 1 aromatic carbocycles. The first-order valence-electron chi connectivity index (χ1n) is 7.03. The largest absolute Gasteiger partial charge is 0.492 e. The second-order valence-electron chi connectivity index (χ2n) is 4.56. The molecular weight excluding hydrogens is 246 g/mol. The van der Waals surface area contributed by atoms with Gasteiger partial charge >= 0.3 is 0 Å². The van der Waals surface area contributed by atoms with Gasteiger partial charge in [0.15, 0.2) is 0 Å². The van der Waals surface area contributed by atoms with Crippen LogP contribution in [0, 0.1) is 0 Å². The lowest BCUT2D eigenvalue weighted by Crippen LogP contribution is -2.84. The molecule has 1 aromatic rings. The van der Waals surface area contributed by atoms with E-state index in [9.17, 15) is 0 Å². The minimum absolute atomic E-state index is 0.699. The number of unbranched alkanes of at least 4 members (excludes halogenated alkanes) is 3. The van der Waals surface area contributed by atoms with Crippen molar-refractivity contribution in [1.82, 2.24) is 0 Å². The first-order valence-corrected chi connectivity index (χ1v) is 7.41. The van der Waals surface area contributed by atoms with Crippen molar-refractivity contribution < 1.29 is 10.1 Å². The number of rotatable bonds is 10. The van der Waals surface area contributed by atoms with Gasteiger partial charge in [-0.25, -0.2) is 0 Å². The summed E-state index contributed by atoms with van der Waals surface area (Å²) < 4.78 is 5.64. The van der Waals surface area contributed by atoms with E-state index in [-0.39, 0.29) is 0 Å². The number of ether oxygens (including phenoxy) is 1. The molecule has 1 rings (SSSR count). The lowest BCUT2D eigenvalue weighted by atomic mass is 10.2. The fraction of sp³-hybridized carbons (Fsp3) is 0.600. The second kappa shape index (κ2) is 10.2. The lowest BCUT2D eigenvalue weighted by molar-refractivity contribution is -0.655. The highest BCUT2D eigenvalue weighted by atomic mass is 35.5. The van der Waals surface area contributed by atoms with Crippen LogP contribution in [0.5, 0.6) is 5.75 Å². The van der Waals surface area contributed by atoms with Crippen LogP contribution in [0.25, 0.3) is 0 Å². The van der Waals surface area contributed by atoms with Crippen molar-refractivity contribution in [2.75, 3.05) is 19.7 Å². The first-order chi connectivity index (χ1) is 8.84. The number of hydrogen-bond acceptors (Lipinski definition) is 1. The number of nitrogens with two attached hydrogens (primary N) is 1. The summed E-state index contributed by atoms with van der Waals surface area (Å²) >= 11 is 6.01. The third kappa shape index (κ3) is 6.87. The van der Waals surface area contributed by atoms with Gasteiger partial charge in [-0.2, -0.15) is 0 Å². The molecule has 0 fully saturated rings. The Bertz CT molecular complexity index is 317. The zero-order valence-corrected chi connectivity index (χ0v) is 12.1. The predicted molar refractivity (Wildman–Crippen MR) is 77.4 cm³/mol. The highest BCUT2D eigenvalue weighted by molar-refractivity contribution is 6.32. The molecule has 0 atom stereocenters. The topological polar surface area (TPSA) is 25.8 Å². The van der Waals surface area contributed by atoms with Crippen LogP contribution in [0.3, 0.4) is 0 Å². The summed E-state index contributed by atoms with van der Waals surface area (Å²) in [4.78, 5) is 0. The molecule has 0 saturated carbocycles. The lowest BCUT2D eigenvalue weighted by Gasteiger charge is -2.07. The van der Waals surface area contributed by atoms with E-state index in [0.29, 0.717) is 5.02 Å². The minimum atomic E-state index is 0.699.